The second kappa shape index (κ2) is 8.57. The van der Waals surface area contributed by atoms with Crippen LogP contribution in [-0.4, -0.2) is 37.2 Å². The van der Waals surface area contributed by atoms with Crippen LogP contribution in [0.3, 0.4) is 0 Å². The number of benzene rings is 1. The molecule has 158 valence electrons. The topological polar surface area (TPSA) is 90.1 Å². The molecular formula is C22H18F2N4O3. The number of ether oxygens (including phenoxy) is 1. The van der Waals surface area contributed by atoms with Gasteiger partial charge in [-0.1, -0.05) is 0 Å². The van der Waals surface area contributed by atoms with E-state index in [1.165, 1.54) is 24.3 Å². The predicted molar refractivity (Wildman–Crippen MR) is 109 cm³/mol. The number of halogens is 2. The van der Waals surface area contributed by atoms with E-state index in [0.717, 1.165) is 16.5 Å². The summed E-state index contributed by atoms with van der Waals surface area (Å²) in [7, 11) is 1.75. The van der Waals surface area contributed by atoms with Crippen molar-refractivity contribution >= 4 is 16.7 Å². The number of ketones is 1. The van der Waals surface area contributed by atoms with Crippen LogP contribution in [-0.2, 0) is 20.1 Å². The Balaban J connectivity index is 1.57. The van der Waals surface area contributed by atoms with Gasteiger partial charge in [-0.15, -0.1) is 0 Å². The minimum Gasteiger partial charge on any atom is -0.435 e. The number of carbonyl (C=O) groups is 1. The third-order valence-electron chi connectivity index (χ3n) is 4.89. The van der Waals surface area contributed by atoms with Gasteiger partial charge in [-0.2, -0.15) is 13.9 Å². The van der Waals surface area contributed by atoms with E-state index in [4.69, 9.17) is 0 Å². The number of rotatable bonds is 7. The van der Waals surface area contributed by atoms with Crippen LogP contribution in [0.5, 0.6) is 5.75 Å². The number of alkyl halides is 2. The largest absolute Gasteiger partial charge is 0.435 e. The van der Waals surface area contributed by atoms with Crippen molar-refractivity contribution in [3.63, 3.8) is 0 Å². The fraction of sp³-hybridized carbons (Fsp3) is 0.182. The molecule has 1 N–H and O–H groups in total. The first-order valence-electron chi connectivity index (χ1n) is 9.39. The van der Waals surface area contributed by atoms with Gasteiger partial charge in [0.1, 0.15) is 5.75 Å². The number of aromatic nitrogens is 4. The lowest BCUT2D eigenvalue weighted by molar-refractivity contribution is -0.0498. The van der Waals surface area contributed by atoms with Crippen molar-refractivity contribution in [1.29, 1.82) is 0 Å². The summed E-state index contributed by atoms with van der Waals surface area (Å²) >= 11 is 0. The Morgan fingerprint density at radius 2 is 1.90 bits per heavy atom. The van der Waals surface area contributed by atoms with Crippen molar-refractivity contribution in [2.75, 3.05) is 0 Å². The maximum absolute atomic E-state index is 12.6. The van der Waals surface area contributed by atoms with Crippen LogP contribution < -0.4 is 4.74 Å². The zero-order chi connectivity index (χ0) is 22.0. The van der Waals surface area contributed by atoms with Gasteiger partial charge in [0.2, 0.25) is 0 Å². The van der Waals surface area contributed by atoms with Gasteiger partial charge in [0.15, 0.2) is 5.78 Å². The van der Waals surface area contributed by atoms with Crippen molar-refractivity contribution < 1.29 is 23.4 Å². The Bertz CT molecular complexity index is 1240. The van der Waals surface area contributed by atoms with Crippen molar-refractivity contribution in [2.45, 2.75) is 19.6 Å². The number of pyridine rings is 2. The minimum absolute atomic E-state index is 0.00775. The lowest BCUT2D eigenvalue weighted by Gasteiger charge is -2.07. The van der Waals surface area contributed by atoms with Gasteiger partial charge in [-0.25, -0.2) is 0 Å². The summed E-state index contributed by atoms with van der Waals surface area (Å²) in [5.74, 6) is -0.207. The van der Waals surface area contributed by atoms with Crippen LogP contribution in [0, 0.1) is 0 Å². The summed E-state index contributed by atoms with van der Waals surface area (Å²) in [6.07, 6.45) is 5.00. The molecule has 0 saturated carbocycles. The molecule has 1 aromatic carbocycles. The molecule has 0 atom stereocenters. The van der Waals surface area contributed by atoms with Crippen LogP contribution in [0.2, 0.25) is 0 Å². The van der Waals surface area contributed by atoms with Crippen molar-refractivity contribution in [3.8, 4) is 16.9 Å². The van der Waals surface area contributed by atoms with Gasteiger partial charge in [-0.05, 0) is 36.4 Å². The summed E-state index contributed by atoms with van der Waals surface area (Å²) in [6, 6.07) is 9.24. The molecule has 0 radical (unpaired) electrons. The summed E-state index contributed by atoms with van der Waals surface area (Å²) in [4.78, 5) is 21.3. The normalized spacial score (nSPS) is 11.3. The van der Waals surface area contributed by atoms with Gasteiger partial charge in [0, 0.05) is 41.0 Å². The number of hydrogen-bond acceptors (Lipinski definition) is 6. The molecule has 0 spiro atoms. The molecule has 4 aromatic rings. The molecule has 3 aromatic heterocycles. The Hall–Kier alpha value is -3.72. The molecule has 0 fully saturated rings. The van der Waals surface area contributed by atoms with Crippen LogP contribution >= 0.6 is 0 Å². The number of aryl methyl sites for hydroxylation is 1. The van der Waals surface area contributed by atoms with Gasteiger partial charge >= 0.3 is 6.61 Å². The summed E-state index contributed by atoms with van der Waals surface area (Å²) in [6.45, 7) is -3.07. The summed E-state index contributed by atoms with van der Waals surface area (Å²) < 4.78 is 30.4. The van der Waals surface area contributed by atoms with Crippen LogP contribution in [0.25, 0.3) is 22.0 Å². The fourth-order valence-corrected chi connectivity index (χ4v) is 3.30. The first-order valence-corrected chi connectivity index (χ1v) is 9.39. The molecule has 3 heterocycles. The highest BCUT2D eigenvalue weighted by Crippen LogP contribution is 2.26. The lowest BCUT2D eigenvalue weighted by Crippen LogP contribution is -2.06. The molecule has 9 heteroatoms. The molecular weight excluding hydrogens is 406 g/mol. The van der Waals surface area contributed by atoms with E-state index in [0.29, 0.717) is 22.5 Å². The number of hydrogen-bond donors (Lipinski definition) is 1. The number of Topliss-reactive ketones (excluding diaryl/α,β-unsaturated/α-hetero) is 1. The zero-order valence-corrected chi connectivity index (χ0v) is 16.5. The third-order valence-corrected chi connectivity index (χ3v) is 4.89. The molecule has 0 aliphatic heterocycles. The first-order chi connectivity index (χ1) is 14.9. The Kier molecular flexibility index (Phi) is 5.68. The third kappa shape index (κ3) is 4.41. The van der Waals surface area contributed by atoms with Gasteiger partial charge in [0.05, 0.1) is 36.6 Å². The quantitative estimate of drug-likeness (QED) is 0.457. The average molecular weight is 424 g/mol. The molecule has 0 aliphatic rings. The smallest absolute Gasteiger partial charge is 0.387 e. The standard InChI is InChI=1S/C22H18F2N4O3/c1-28-20(12-29)18(10-27-28)15-6-14-7-16(25-11-19(14)26-9-15)8-21(30)13-2-4-17(5-3-13)31-22(23)24/h2-7,9-11,22,29H,8,12H2,1H3. The lowest BCUT2D eigenvalue weighted by atomic mass is 10.0. The van der Waals surface area contributed by atoms with E-state index in [2.05, 4.69) is 19.8 Å². The van der Waals surface area contributed by atoms with E-state index in [1.54, 1.807) is 36.4 Å². The van der Waals surface area contributed by atoms with E-state index in [1.807, 2.05) is 6.07 Å². The van der Waals surface area contributed by atoms with E-state index < -0.39 is 6.61 Å². The molecule has 0 saturated heterocycles. The van der Waals surface area contributed by atoms with Crippen molar-refractivity contribution in [3.05, 3.63) is 71.9 Å². The molecule has 0 unspecified atom stereocenters. The maximum atomic E-state index is 12.6. The average Bonchev–Trinajstić information content (AvgIpc) is 3.13. The van der Waals surface area contributed by atoms with Gasteiger partial charge < -0.3 is 9.84 Å². The van der Waals surface area contributed by atoms with Crippen LogP contribution in [0.15, 0.2) is 55.0 Å². The zero-order valence-electron chi connectivity index (χ0n) is 16.5. The second-order valence-corrected chi connectivity index (χ2v) is 6.88. The van der Waals surface area contributed by atoms with Crippen LogP contribution in [0.1, 0.15) is 21.7 Å². The highest BCUT2D eigenvalue weighted by atomic mass is 19.3. The molecule has 31 heavy (non-hydrogen) atoms. The van der Waals surface area contributed by atoms with E-state index in [9.17, 15) is 18.7 Å². The van der Waals surface area contributed by atoms with Crippen molar-refractivity contribution in [1.82, 2.24) is 19.7 Å². The van der Waals surface area contributed by atoms with Gasteiger partial charge in [-0.3, -0.25) is 19.4 Å². The first kappa shape index (κ1) is 20.5. The number of carbonyl (C=O) groups excluding carboxylic acids is 1. The van der Waals surface area contributed by atoms with Crippen molar-refractivity contribution in [2.24, 2.45) is 7.05 Å². The summed E-state index contributed by atoms with van der Waals surface area (Å²) in [5, 5.41) is 14.6. The van der Waals surface area contributed by atoms with Gasteiger partial charge in [0.25, 0.3) is 0 Å². The Morgan fingerprint density at radius 3 is 2.61 bits per heavy atom. The number of nitrogens with zero attached hydrogens (tertiary/aromatic N) is 4. The minimum atomic E-state index is -2.91. The predicted octanol–water partition coefficient (Wildman–Crippen LogP) is 3.55. The molecule has 7 nitrogen and oxygen atoms in total. The number of fused-ring (bicyclic) bond motifs is 1. The van der Waals surface area contributed by atoms with E-state index >= 15 is 0 Å². The maximum Gasteiger partial charge on any atom is 0.387 e. The SMILES string of the molecule is Cn1ncc(-c2cnc3cnc(CC(=O)c4ccc(OC(F)F)cc4)cc3c2)c1CO. The highest BCUT2D eigenvalue weighted by molar-refractivity contribution is 5.97. The molecule has 0 bridgehead atoms. The Morgan fingerprint density at radius 1 is 1.13 bits per heavy atom. The highest BCUT2D eigenvalue weighted by Gasteiger charge is 2.13. The Labute approximate surface area is 175 Å². The molecule has 0 amide bonds. The molecule has 0 aliphatic carbocycles. The fourth-order valence-electron chi connectivity index (χ4n) is 3.30. The van der Waals surface area contributed by atoms with Crippen LogP contribution in [0.4, 0.5) is 8.78 Å². The number of aliphatic hydroxyl groups is 1. The van der Waals surface area contributed by atoms with E-state index in [-0.39, 0.29) is 24.6 Å². The monoisotopic (exact) mass is 424 g/mol. The second-order valence-electron chi connectivity index (χ2n) is 6.88. The number of aliphatic hydroxyl groups excluding tert-OH is 1. The molecule has 4 rings (SSSR count). The summed E-state index contributed by atoms with van der Waals surface area (Å²) in [5.41, 5.74) is 3.84.